The fourth-order valence-corrected chi connectivity index (χ4v) is 12.3. The third-order valence-corrected chi connectivity index (χ3v) is 13.9. The van der Waals surface area contributed by atoms with Gasteiger partial charge in [0.05, 0.1) is 0 Å². The smallest absolute Gasteiger partial charge is 0.134 e. The molecule has 0 unspecified atom stereocenters. The lowest BCUT2D eigenvalue weighted by atomic mass is 9.94. The molecule has 1 nitrogen and oxygen atoms in total. The van der Waals surface area contributed by atoms with Crippen molar-refractivity contribution in [2.45, 2.75) is 78.3 Å². The van der Waals surface area contributed by atoms with E-state index >= 15 is 0 Å². The topological polar surface area (TPSA) is 9.23 Å². The number of ether oxygens (including phenoxy) is 1. The van der Waals surface area contributed by atoms with Crippen LogP contribution in [-0.4, -0.2) is 8.07 Å². The van der Waals surface area contributed by atoms with Gasteiger partial charge in [0.1, 0.15) is 19.6 Å². The SMILES string of the molecule is CC(C)c1cccc(C(C)C)c1OC1=C[Si](C(C)C)(C(C)C)c2sccc21. The summed E-state index contributed by atoms with van der Waals surface area (Å²) in [6.07, 6.45) is 0. The average molecular weight is 399 g/mol. The summed E-state index contributed by atoms with van der Waals surface area (Å²) in [5.41, 5.74) is 7.87. The third kappa shape index (κ3) is 3.34. The molecule has 0 fully saturated rings. The lowest BCUT2D eigenvalue weighted by Gasteiger charge is -2.33. The fourth-order valence-electron chi connectivity index (χ4n) is 4.52. The highest BCUT2D eigenvalue weighted by molar-refractivity contribution is 7.28. The summed E-state index contributed by atoms with van der Waals surface area (Å²) in [7, 11) is -1.73. The van der Waals surface area contributed by atoms with Gasteiger partial charge in [-0.25, -0.2) is 0 Å². The van der Waals surface area contributed by atoms with Crippen molar-refractivity contribution in [3.8, 4) is 5.75 Å². The molecular weight excluding hydrogens is 364 g/mol. The van der Waals surface area contributed by atoms with Crippen molar-refractivity contribution in [2.75, 3.05) is 0 Å². The molecule has 3 rings (SSSR count). The van der Waals surface area contributed by atoms with E-state index < -0.39 is 8.07 Å². The number of para-hydroxylation sites is 1. The molecule has 0 spiro atoms. The zero-order valence-corrected chi connectivity index (χ0v) is 19.9. The molecule has 3 heteroatoms. The Hall–Kier alpha value is -1.32. The third-order valence-electron chi connectivity index (χ3n) is 6.14. The monoisotopic (exact) mass is 398 g/mol. The van der Waals surface area contributed by atoms with Gasteiger partial charge in [0, 0.05) is 10.1 Å². The van der Waals surface area contributed by atoms with Gasteiger partial charge in [0.15, 0.2) is 0 Å². The molecule has 1 aromatic carbocycles. The maximum Gasteiger partial charge on any atom is 0.134 e. The molecule has 0 aliphatic carbocycles. The molecule has 1 aromatic heterocycles. The van der Waals surface area contributed by atoms with Gasteiger partial charge in [-0.1, -0.05) is 73.6 Å². The first-order chi connectivity index (χ1) is 12.7. The number of benzene rings is 1. The van der Waals surface area contributed by atoms with Crippen LogP contribution >= 0.6 is 11.3 Å². The Morgan fingerprint density at radius 2 is 1.37 bits per heavy atom. The van der Waals surface area contributed by atoms with Crippen LogP contribution in [0.1, 0.15) is 83.9 Å². The molecule has 0 saturated heterocycles. The number of thiophene rings is 1. The second-order valence-corrected chi connectivity index (χ2v) is 15.3. The summed E-state index contributed by atoms with van der Waals surface area (Å²) in [6, 6.07) is 8.91. The van der Waals surface area contributed by atoms with Crippen molar-refractivity contribution in [1.29, 1.82) is 0 Å². The van der Waals surface area contributed by atoms with Crippen molar-refractivity contribution in [1.82, 2.24) is 0 Å². The van der Waals surface area contributed by atoms with Gasteiger partial charge in [-0.3, -0.25) is 0 Å². The van der Waals surface area contributed by atoms with E-state index in [1.807, 2.05) is 11.3 Å². The molecule has 1 aliphatic heterocycles. The number of hydrogen-bond acceptors (Lipinski definition) is 2. The Labute approximate surface area is 170 Å². The largest absolute Gasteiger partial charge is 0.457 e. The zero-order valence-electron chi connectivity index (χ0n) is 18.1. The summed E-state index contributed by atoms with van der Waals surface area (Å²) < 4.78 is 8.41. The first kappa shape index (κ1) is 20.4. The van der Waals surface area contributed by atoms with Crippen LogP contribution in [0.5, 0.6) is 5.75 Å². The molecule has 0 amide bonds. The van der Waals surface area contributed by atoms with E-state index in [4.69, 9.17) is 4.74 Å². The minimum atomic E-state index is -1.73. The van der Waals surface area contributed by atoms with Crippen LogP contribution in [0.4, 0.5) is 0 Å². The van der Waals surface area contributed by atoms with E-state index in [0.717, 1.165) is 11.5 Å². The Morgan fingerprint density at radius 3 is 1.85 bits per heavy atom. The second kappa shape index (κ2) is 7.60. The van der Waals surface area contributed by atoms with Gasteiger partial charge in [0.25, 0.3) is 0 Å². The molecule has 27 heavy (non-hydrogen) atoms. The maximum atomic E-state index is 6.80. The highest BCUT2D eigenvalue weighted by Crippen LogP contribution is 2.45. The molecule has 2 heterocycles. The molecule has 146 valence electrons. The lowest BCUT2D eigenvalue weighted by Crippen LogP contribution is -2.48. The fraction of sp³-hybridized carbons (Fsp3) is 0.500. The summed E-state index contributed by atoms with van der Waals surface area (Å²) in [5, 5.41) is 2.26. The molecule has 0 atom stereocenters. The standard InChI is InChI=1S/C24H34OSSi/c1-15(2)19-10-9-11-20(16(3)4)23(19)25-22-14-27(17(5)6,18(7)8)24-21(22)12-13-26-24/h9-18H,1-8H3. The predicted octanol–water partition coefficient (Wildman–Crippen LogP) is 7.44. The summed E-state index contributed by atoms with van der Waals surface area (Å²) in [6.45, 7) is 18.6. The number of hydrogen-bond donors (Lipinski definition) is 0. The molecule has 0 saturated carbocycles. The van der Waals surface area contributed by atoms with Crippen LogP contribution in [0, 0.1) is 0 Å². The van der Waals surface area contributed by atoms with Crippen molar-refractivity contribution in [3.63, 3.8) is 0 Å². The maximum absolute atomic E-state index is 6.80. The van der Waals surface area contributed by atoms with E-state index in [-0.39, 0.29) is 0 Å². The quantitative estimate of drug-likeness (QED) is 0.459. The van der Waals surface area contributed by atoms with Gasteiger partial charge >= 0.3 is 0 Å². The molecule has 0 N–H and O–H groups in total. The van der Waals surface area contributed by atoms with E-state index in [1.54, 1.807) is 4.50 Å². The molecule has 0 radical (unpaired) electrons. The molecule has 0 bridgehead atoms. The summed E-state index contributed by atoms with van der Waals surface area (Å²) >= 11 is 1.94. The summed E-state index contributed by atoms with van der Waals surface area (Å²) in [5.74, 6) is 3.08. The Bertz CT molecular complexity index is 808. The highest BCUT2D eigenvalue weighted by atomic mass is 32.1. The van der Waals surface area contributed by atoms with Crippen LogP contribution < -0.4 is 9.24 Å². The van der Waals surface area contributed by atoms with Crippen LogP contribution in [0.3, 0.4) is 0 Å². The minimum Gasteiger partial charge on any atom is -0.457 e. The molecule has 1 aliphatic rings. The van der Waals surface area contributed by atoms with E-state index in [9.17, 15) is 0 Å². The molecular formula is C24H34OSSi. The number of fused-ring (bicyclic) bond motifs is 1. The van der Waals surface area contributed by atoms with Crippen LogP contribution in [0.2, 0.25) is 11.1 Å². The van der Waals surface area contributed by atoms with Crippen molar-refractivity contribution >= 4 is 29.7 Å². The Balaban J connectivity index is 2.15. The summed E-state index contributed by atoms with van der Waals surface area (Å²) in [4.78, 5) is 0. The van der Waals surface area contributed by atoms with E-state index in [2.05, 4.69) is 90.7 Å². The first-order valence-corrected chi connectivity index (χ1v) is 13.4. The lowest BCUT2D eigenvalue weighted by molar-refractivity contribution is 0.494. The molecule has 2 aromatic rings. The Morgan fingerprint density at radius 1 is 0.815 bits per heavy atom. The van der Waals surface area contributed by atoms with E-state index in [1.165, 1.54) is 16.7 Å². The number of rotatable bonds is 6. The van der Waals surface area contributed by atoms with Gasteiger partial charge < -0.3 is 4.74 Å². The first-order valence-electron chi connectivity index (χ1n) is 10.3. The van der Waals surface area contributed by atoms with Gasteiger partial charge in [-0.2, -0.15) is 11.3 Å². The normalized spacial score (nSPS) is 15.8. The predicted molar refractivity (Wildman–Crippen MR) is 123 cm³/mol. The highest BCUT2D eigenvalue weighted by Gasteiger charge is 2.47. The zero-order chi connectivity index (χ0) is 19.9. The van der Waals surface area contributed by atoms with Gasteiger partial charge in [0.2, 0.25) is 0 Å². The van der Waals surface area contributed by atoms with Crippen molar-refractivity contribution in [2.24, 2.45) is 0 Å². The average Bonchev–Trinajstić information content (AvgIpc) is 3.17. The van der Waals surface area contributed by atoms with Crippen LogP contribution in [0.15, 0.2) is 35.3 Å². The minimum absolute atomic E-state index is 0.444. The Kier molecular flexibility index (Phi) is 5.74. The van der Waals surface area contributed by atoms with E-state index in [0.29, 0.717) is 22.9 Å². The van der Waals surface area contributed by atoms with Crippen LogP contribution in [-0.2, 0) is 0 Å². The van der Waals surface area contributed by atoms with Gasteiger partial charge in [-0.15, -0.1) is 0 Å². The van der Waals surface area contributed by atoms with Crippen LogP contribution in [0.25, 0.3) is 5.76 Å². The van der Waals surface area contributed by atoms with Crippen molar-refractivity contribution < 1.29 is 4.74 Å². The second-order valence-electron chi connectivity index (χ2n) is 9.09. The van der Waals surface area contributed by atoms with Gasteiger partial charge in [-0.05, 0) is 51.2 Å². The van der Waals surface area contributed by atoms with Crippen molar-refractivity contribution in [3.05, 3.63) is 52.0 Å².